The highest BCUT2D eigenvalue weighted by Gasteiger charge is 2.14. The third kappa shape index (κ3) is 2.77. The molecule has 28 heavy (non-hydrogen) atoms. The van der Waals surface area contributed by atoms with Crippen LogP contribution >= 0.6 is 0 Å². The van der Waals surface area contributed by atoms with Crippen molar-refractivity contribution in [2.24, 2.45) is 0 Å². The van der Waals surface area contributed by atoms with Crippen LogP contribution < -0.4 is 11.1 Å². The number of nitrogens with zero attached hydrogens (tertiary/aromatic N) is 6. The van der Waals surface area contributed by atoms with Crippen LogP contribution in [0.15, 0.2) is 60.8 Å². The number of fused-ring (bicyclic) bond motifs is 2. The predicted molar refractivity (Wildman–Crippen MR) is 109 cm³/mol. The van der Waals surface area contributed by atoms with E-state index in [-0.39, 0.29) is 5.95 Å². The first-order valence-electron chi connectivity index (χ1n) is 8.75. The lowest BCUT2D eigenvalue weighted by molar-refractivity contribution is 0.889. The predicted octanol–water partition coefficient (Wildman–Crippen LogP) is 3.39. The molecule has 0 bridgehead atoms. The highest BCUT2D eigenvalue weighted by atomic mass is 15.3. The molecular formula is C20H16N8. The van der Waals surface area contributed by atoms with Gasteiger partial charge in [-0.25, -0.2) is 9.97 Å². The molecule has 136 valence electrons. The topological polar surface area (TPSA) is 107 Å². The van der Waals surface area contributed by atoms with E-state index < -0.39 is 0 Å². The summed E-state index contributed by atoms with van der Waals surface area (Å²) in [7, 11) is 0. The Morgan fingerprint density at radius 1 is 0.893 bits per heavy atom. The Balaban J connectivity index is 1.58. The Bertz CT molecular complexity index is 1320. The van der Waals surface area contributed by atoms with E-state index in [0.29, 0.717) is 17.7 Å². The highest BCUT2D eigenvalue weighted by Crippen LogP contribution is 2.22. The molecule has 3 N–H and O–H groups in total. The van der Waals surface area contributed by atoms with E-state index in [9.17, 15) is 0 Å². The van der Waals surface area contributed by atoms with Crippen molar-refractivity contribution in [3.05, 3.63) is 66.6 Å². The number of benzene rings is 2. The van der Waals surface area contributed by atoms with Gasteiger partial charge >= 0.3 is 0 Å². The van der Waals surface area contributed by atoms with Crippen LogP contribution in [-0.2, 0) is 0 Å². The zero-order chi connectivity index (χ0) is 19.1. The molecule has 5 rings (SSSR count). The van der Waals surface area contributed by atoms with Crippen LogP contribution in [0.1, 0.15) is 5.82 Å². The van der Waals surface area contributed by atoms with E-state index in [1.165, 1.54) is 0 Å². The van der Waals surface area contributed by atoms with Gasteiger partial charge in [-0.1, -0.05) is 36.4 Å². The summed E-state index contributed by atoms with van der Waals surface area (Å²) in [6, 6.07) is 17.7. The van der Waals surface area contributed by atoms with Crippen molar-refractivity contribution in [1.82, 2.24) is 29.5 Å². The number of nitrogens with two attached hydrogens (primary N) is 1. The summed E-state index contributed by atoms with van der Waals surface area (Å²) in [5, 5.41) is 5.25. The van der Waals surface area contributed by atoms with E-state index in [1.807, 2.05) is 66.1 Å². The second kappa shape index (κ2) is 6.27. The van der Waals surface area contributed by atoms with Gasteiger partial charge < -0.3 is 11.1 Å². The van der Waals surface area contributed by atoms with Gasteiger partial charge in [0.15, 0.2) is 0 Å². The number of pyridine rings is 1. The number of hydrogen-bond acceptors (Lipinski definition) is 7. The Morgan fingerprint density at radius 3 is 2.57 bits per heavy atom. The summed E-state index contributed by atoms with van der Waals surface area (Å²) in [4.78, 5) is 22.0. The van der Waals surface area contributed by atoms with Gasteiger partial charge in [0.25, 0.3) is 0 Å². The van der Waals surface area contributed by atoms with Crippen molar-refractivity contribution >= 4 is 39.5 Å². The van der Waals surface area contributed by atoms with Gasteiger partial charge in [0.2, 0.25) is 17.8 Å². The smallest absolute Gasteiger partial charge is 0.242 e. The summed E-state index contributed by atoms with van der Waals surface area (Å²) in [6.45, 7) is 1.90. The van der Waals surface area contributed by atoms with Crippen molar-refractivity contribution in [2.45, 2.75) is 6.92 Å². The van der Waals surface area contributed by atoms with Crippen molar-refractivity contribution in [2.75, 3.05) is 11.1 Å². The summed E-state index contributed by atoms with van der Waals surface area (Å²) in [6.07, 6.45) is 1.80. The first kappa shape index (κ1) is 16.1. The van der Waals surface area contributed by atoms with E-state index >= 15 is 0 Å². The normalized spacial score (nSPS) is 11.2. The summed E-state index contributed by atoms with van der Waals surface area (Å²) < 4.78 is 1.85. The Kier molecular flexibility index (Phi) is 3.61. The second-order valence-electron chi connectivity index (χ2n) is 6.34. The van der Waals surface area contributed by atoms with Crippen LogP contribution in [-0.4, -0.2) is 29.5 Å². The van der Waals surface area contributed by atoms with E-state index in [1.54, 1.807) is 6.20 Å². The molecule has 0 saturated carbocycles. The molecule has 0 amide bonds. The first-order valence-corrected chi connectivity index (χ1v) is 8.75. The van der Waals surface area contributed by atoms with Gasteiger partial charge in [-0.3, -0.25) is 4.57 Å². The lowest BCUT2D eigenvalue weighted by Crippen LogP contribution is -2.10. The number of aromatic nitrogens is 6. The van der Waals surface area contributed by atoms with Gasteiger partial charge in [-0.05, 0) is 30.5 Å². The molecule has 0 aliphatic rings. The zero-order valence-electron chi connectivity index (χ0n) is 15.0. The van der Waals surface area contributed by atoms with E-state index in [0.717, 1.165) is 27.6 Å². The lowest BCUT2D eigenvalue weighted by Gasteiger charge is -2.09. The molecule has 0 unspecified atom stereocenters. The van der Waals surface area contributed by atoms with E-state index in [4.69, 9.17) is 5.73 Å². The molecule has 0 spiro atoms. The molecule has 0 atom stereocenters. The van der Waals surface area contributed by atoms with Gasteiger partial charge in [0, 0.05) is 11.6 Å². The number of hydrogen-bond donors (Lipinski definition) is 2. The SMILES string of the molecule is Cc1nc2ccccc2n1-c1nc(N)nc(Nc2cc3ccccc3cn2)n1. The van der Waals surface area contributed by atoms with Crippen LogP contribution in [0.4, 0.5) is 17.7 Å². The minimum atomic E-state index is 0.116. The molecule has 0 saturated heterocycles. The Hall–Kier alpha value is -4.07. The zero-order valence-corrected chi connectivity index (χ0v) is 15.0. The fourth-order valence-electron chi connectivity index (χ4n) is 3.20. The number of para-hydroxylation sites is 2. The molecule has 3 aromatic heterocycles. The average Bonchev–Trinajstić information content (AvgIpc) is 3.03. The molecule has 8 nitrogen and oxygen atoms in total. The lowest BCUT2D eigenvalue weighted by atomic mass is 10.2. The fraction of sp³-hybridized carbons (Fsp3) is 0.0500. The number of nitrogens with one attached hydrogen (secondary N) is 1. The maximum Gasteiger partial charge on any atom is 0.242 e. The number of nitrogen functional groups attached to an aromatic ring is 1. The van der Waals surface area contributed by atoms with Gasteiger partial charge in [-0.15, -0.1) is 0 Å². The third-order valence-corrected chi connectivity index (χ3v) is 4.44. The minimum absolute atomic E-state index is 0.116. The summed E-state index contributed by atoms with van der Waals surface area (Å²) in [5.74, 6) is 2.24. The van der Waals surface area contributed by atoms with Crippen molar-refractivity contribution in [1.29, 1.82) is 0 Å². The molecule has 5 aromatic rings. The van der Waals surface area contributed by atoms with Gasteiger partial charge in [-0.2, -0.15) is 15.0 Å². The Labute approximate surface area is 160 Å². The standard InChI is InChI=1S/C20H16N8/c1-12-23-15-8-4-5-9-16(15)28(12)20-26-18(21)25-19(27-20)24-17-10-13-6-2-3-7-14(13)11-22-17/h2-11H,1H3,(H3,21,22,24,25,26,27). The van der Waals surface area contributed by atoms with Crippen molar-refractivity contribution in [3.63, 3.8) is 0 Å². The first-order chi connectivity index (χ1) is 13.7. The van der Waals surface area contributed by atoms with Crippen molar-refractivity contribution < 1.29 is 0 Å². The molecular weight excluding hydrogens is 352 g/mol. The number of anilines is 3. The second-order valence-corrected chi connectivity index (χ2v) is 6.34. The van der Waals surface area contributed by atoms with Gasteiger partial charge in [0.1, 0.15) is 11.6 Å². The molecule has 2 aromatic carbocycles. The molecule has 0 aliphatic carbocycles. The van der Waals surface area contributed by atoms with Crippen LogP contribution in [0, 0.1) is 6.92 Å². The largest absolute Gasteiger partial charge is 0.368 e. The molecule has 0 aliphatic heterocycles. The molecule has 0 radical (unpaired) electrons. The fourth-order valence-corrected chi connectivity index (χ4v) is 3.20. The Morgan fingerprint density at radius 2 is 1.68 bits per heavy atom. The molecule has 3 heterocycles. The average molecular weight is 368 g/mol. The number of rotatable bonds is 3. The minimum Gasteiger partial charge on any atom is -0.368 e. The molecule has 8 heteroatoms. The monoisotopic (exact) mass is 368 g/mol. The number of imidazole rings is 1. The summed E-state index contributed by atoms with van der Waals surface area (Å²) >= 11 is 0. The molecule has 0 fully saturated rings. The number of aryl methyl sites for hydroxylation is 1. The summed E-state index contributed by atoms with van der Waals surface area (Å²) in [5.41, 5.74) is 7.72. The third-order valence-electron chi connectivity index (χ3n) is 4.44. The highest BCUT2D eigenvalue weighted by molar-refractivity contribution is 5.84. The van der Waals surface area contributed by atoms with Crippen LogP contribution in [0.2, 0.25) is 0 Å². The van der Waals surface area contributed by atoms with Crippen LogP contribution in [0.5, 0.6) is 0 Å². The van der Waals surface area contributed by atoms with Crippen LogP contribution in [0.3, 0.4) is 0 Å². The maximum absolute atomic E-state index is 5.95. The van der Waals surface area contributed by atoms with Gasteiger partial charge in [0.05, 0.1) is 11.0 Å². The van der Waals surface area contributed by atoms with Crippen LogP contribution in [0.25, 0.3) is 27.8 Å². The van der Waals surface area contributed by atoms with Crippen molar-refractivity contribution in [3.8, 4) is 5.95 Å². The quantitative estimate of drug-likeness (QED) is 0.502. The van der Waals surface area contributed by atoms with E-state index in [2.05, 4.69) is 30.2 Å². The maximum atomic E-state index is 5.95.